The molecule has 0 unspecified atom stereocenters. The van der Waals surface area contributed by atoms with Crippen LogP contribution in [-0.4, -0.2) is 30.2 Å². The van der Waals surface area contributed by atoms with Gasteiger partial charge in [-0.15, -0.1) is 11.3 Å². The predicted molar refractivity (Wildman–Crippen MR) is 66.5 cm³/mol. The monoisotopic (exact) mass is 242 g/mol. The average Bonchev–Trinajstić information content (AvgIpc) is 2.58. The Hall–Kier alpha value is -1.10. The van der Waals surface area contributed by atoms with E-state index >= 15 is 0 Å². The Balaban J connectivity index is 2.91. The summed E-state index contributed by atoms with van der Waals surface area (Å²) < 4.78 is 0. The van der Waals surface area contributed by atoms with Crippen molar-refractivity contribution in [1.29, 1.82) is 0 Å². The molecule has 0 amide bonds. The summed E-state index contributed by atoms with van der Waals surface area (Å²) in [6.07, 6.45) is 0.753. The van der Waals surface area contributed by atoms with Gasteiger partial charge in [0, 0.05) is 19.0 Å². The number of rotatable bonds is 5. The van der Waals surface area contributed by atoms with Crippen LogP contribution in [0.25, 0.3) is 0 Å². The Kier molecular flexibility index (Phi) is 4.29. The Labute approximate surface area is 99.9 Å². The van der Waals surface area contributed by atoms with Gasteiger partial charge in [0.15, 0.2) is 5.13 Å². The third-order valence-electron chi connectivity index (χ3n) is 2.21. The van der Waals surface area contributed by atoms with Gasteiger partial charge in [0.1, 0.15) is 0 Å². The molecule has 90 valence electrons. The smallest absolute Gasteiger partial charge is 0.303 e. The highest BCUT2D eigenvalue weighted by Gasteiger charge is 2.15. The number of anilines is 1. The Bertz CT molecular complexity index is 372. The standard InChI is InChI=1S/C11H18N2O2S/c1-7(2)10-8(5-6-9(14)15)16-11(12-10)13(3)4/h7H,5-6H2,1-4H3,(H,14,15). The largest absolute Gasteiger partial charge is 0.481 e. The topological polar surface area (TPSA) is 53.4 Å². The maximum Gasteiger partial charge on any atom is 0.303 e. The Morgan fingerprint density at radius 2 is 2.12 bits per heavy atom. The van der Waals surface area contributed by atoms with Crippen molar-refractivity contribution in [2.24, 2.45) is 0 Å². The lowest BCUT2D eigenvalue weighted by Crippen LogP contribution is -2.08. The lowest BCUT2D eigenvalue weighted by molar-refractivity contribution is -0.136. The van der Waals surface area contributed by atoms with Crippen molar-refractivity contribution in [3.8, 4) is 0 Å². The van der Waals surface area contributed by atoms with Gasteiger partial charge >= 0.3 is 5.97 Å². The van der Waals surface area contributed by atoms with Crippen molar-refractivity contribution >= 4 is 22.4 Å². The van der Waals surface area contributed by atoms with Gasteiger partial charge in [-0.3, -0.25) is 4.79 Å². The number of hydrogen-bond donors (Lipinski definition) is 1. The molecule has 4 nitrogen and oxygen atoms in total. The number of aromatic nitrogens is 1. The van der Waals surface area contributed by atoms with Crippen molar-refractivity contribution in [2.45, 2.75) is 32.6 Å². The third-order valence-corrected chi connectivity index (χ3v) is 3.51. The van der Waals surface area contributed by atoms with E-state index in [0.717, 1.165) is 15.7 Å². The summed E-state index contributed by atoms with van der Waals surface area (Å²) in [5.41, 5.74) is 1.04. The first-order chi connectivity index (χ1) is 7.41. The quantitative estimate of drug-likeness (QED) is 0.861. The fraction of sp³-hybridized carbons (Fsp3) is 0.636. The molecule has 16 heavy (non-hydrogen) atoms. The van der Waals surface area contributed by atoms with Gasteiger partial charge in [-0.25, -0.2) is 4.98 Å². The van der Waals surface area contributed by atoms with Crippen molar-refractivity contribution in [1.82, 2.24) is 4.98 Å². The second-order valence-electron chi connectivity index (χ2n) is 4.25. The van der Waals surface area contributed by atoms with Crippen molar-refractivity contribution < 1.29 is 9.90 Å². The summed E-state index contributed by atoms with van der Waals surface area (Å²) in [5.74, 6) is -0.414. The van der Waals surface area contributed by atoms with Crippen LogP contribution in [0.4, 0.5) is 5.13 Å². The second-order valence-corrected chi connectivity index (χ2v) is 5.31. The van der Waals surface area contributed by atoms with Gasteiger partial charge in [-0.2, -0.15) is 0 Å². The molecule has 0 fully saturated rings. The SMILES string of the molecule is CC(C)c1nc(N(C)C)sc1CCC(=O)O. The molecular weight excluding hydrogens is 224 g/mol. The molecule has 0 radical (unpaired) electrons. The van der Waals surface area contributed by atoms with Gasteiger partial charge < -0.3 is 10.0 Å². The van der Waals surface area contributed by atoms with E-state index in [1.807, 2.05) is 19.0 Å². The summed E-state index contributed by atoms with van der Waals surface area (Å²) >= 11 is 1.59. The van der Waals surface area contributed by atoms with Crippen molar-refractivity contribution in [2.75, 3.05) is 19.0 Å². The van der Waals surface area contributed by atoms with Gasteiger partial charge in [-0.05, 0) is 12.3 Å². The highest BCUT2D eigenvalue weighted by molar-refractivity contribution is 7.15. The van der Waals surface area contributed by atoms with Crippen LogP contribution in [-0.2, 0) is 11.2 Å². The minimum Gasteiger partial charge on any atom is -0.481 e. The van der Waals surface area contributed by atoms with Crippen LogP contribution in [0.1, 0.15) is 36.8 Å². The van der Waals surface area contributed by atoms with E-state index in [-0.39, 0.29) is 6.42 Å². The van der Waals surface area contributed by atoms with Crippen LogP contribution >= 0.6 is 11.3 Å². The first-order valence-corrected chi connectivity index (χ1v) is 6.12. The number of aliphatic carboxylic acids is 1. The van der Waals surface area contributed by atoms with E-state index < -0.39 is 5.97 Å². The molecule has 1 rings (SSSR count). The molecule has 0 bridgehead atoms. The molecular formula is C11H18N2O2S. The zero-order valence-corrected chi connectivity index (χ0v) is 11.0. The molecule has 0 saturated carbocycles. The maximum absolute atomic E-state index is 10.6. The van der Waals surface area contributed by atoms with Gasteiger partial charge in [-0.1, -0.05) is 13.8 Å². The van der Waals surface area contributed by atoms with Crippen LogP contribution in [0.2, 0.25) is 0 Å². The van der Waals surface area contributed by atoms with Crippen LogP contribution in [0.15, 0.2) is 0 Å². The van der Waals surface area contributed by atoms with E-state index in [9.17, 15) is 4.79 Å². The van der Waals surface area contributed by atoms with E-state index in [0.29, 0.717) is 12.3 Å². The van der Waals surface area contributed by atoms with E-state index in [1.54, 1.807) is 11.3 Å². The molecule has 0 saturated heterocycles. The van der Waals surface area contributed by atoms with Crippen molar-refractivity contribution in [3.05, 3.63) is 10.6 Å². The average molecular weight is 242 g/mol. The summed E-state index contributed by atoms with van der Waals surface area (Å²) in [6.45, 7) is 4.16. The first-order valence-electron chi connectivity index (χ1n) is 5.30. The molecule has 0 aliphatic rings. The van der Waals surface area contributed by atoms with E-state index in [1.165, 1.54) is 0 Å². The highest BCUT2D eigenvalue weighted by atomic mass is 32.1. The van der Waals surface area contributed by atoms with Gasteiger partial charge in [0.25, 0.3) is 0 Å². The molecule has 0 aromatic carbocycles. The number of nitrogens with zero attached hydrogens (tertiary/aromatic N) is 2. The minimum absolute atomic E-state index is 0.175. The number of carboxylic acid groups (broad SMARTS) is 1. The molecule has 0 aliphatic heterocycles. The highest BCUT2D eigenvalue weighted by Crippen LogP contribution is 2.30. The summed E-state index contributed by atoms with van der Waals surface area (Å²) in [6, 6.07) is 0. The third kappa shape index (κ3) is 3.20. The lowest BCUT2D eigenvalue weighted by atomic mass is 10.1. The van der Waals surface area contributed by atoms with Crippen LogP contribution in [0, 0.1) is 0 Å². The van der Waals surface area contributed by atoms with E-state index in [4.69, 9.17) is 5.11 Å². The van der Waals surface area contributed by atoms with Gasteiger partial charge in [0.2, 0.25) is 0 Å². The first kappa shape index (κ1) is 13.0. The lowest BCUT2D eigenvalue weighted by Gasteiger charge is -2.05. The number of carboxylic acids is 1. The van der Waals surface area contributed by atoms with Crippen molar-refractivity contribution in [3.63, 3.8) is 0 Å². The fourth-order valence-electron chi connectivity index (χ4n) is 1.39. The van der Waals surface area contributed by atoms with E-state index in [2.05, 4.69) is 18.8 Å². The van der Waals surface area contributed by atoms with Crippen LogP contribution in [0.3, 0.4) is 0 Å². The summed E-state index contributed by atoms with van der Waals surface area (Å²) in [5, 5.41) is 9.64. The summed E-state index contributed by atoms with van der Waals surface area (Å²) in [4.78, 5) is 18.2. The molecule has 5 heteroatoms. The molecule has 0 spiro atoms. The van der Waals surface area contributed by atoms with Crippen LogP contribution < -0.4 is 4.90 Å². The summed E-state index contributed by atoms with van der Waals surface area (Å²) in [7, 11) is 3.90. The van der Waals surface area contributed by atoms with Crippen LogP contribution in [0.5, 0.6) is 0 Å². The Morgan fingerprint density at radius 1 is 1.50 bits per heavy atom. The Morgan fingerprint density at radius 3 is 2.56 bits per heavy atom. The number of thiazole rings is 1. The normalized spacial score (nSPS) is 10.8. The molecule has 1 heterocycles. The molecule has 0 atom stereocenters. The predicted octanol–water partition coefficient (Wildman–Crippen LogP) is 2.35. The fourth-order valence-corrected chi connectivity index (χ4v) is 2.53. The van der Waals surface area contributed by atoms with Gasteiger partial charge in [0.05, 0.1) is 12.1 Å². The molecule has 0 aliphatic carbocycles. The molecule has 1 aromatic rings. The molecule has 1 aromatic heterocycles. The number of hydrogen-bond acceptors (Lipinski definition) is 4. The zero-order valence-electron chi connectivity index (χ0n) is 10.1. The molecule has 1 N–H and O–H groups in total. The zero-order chi connectivity index (χ0) is 12.3. The maximum atomic E-state index is 10.6. The minimum atomic E-state index is -0.755. The number of carbonyl (C=O) groups is 1. The second kappa shape index (κ2) is 5.30. The number of aryl methyl sites for hydroxylation is 1.